The summed E-state index contributed by atoms with van der Waals surface area (Å²) in [4.78, 5) is 47.7. The number of rotatable bonds is 11. The number of hydrogen-bond donors (Lipinski definition) is 3. The average Bonchev–Trinajstić information content (AvgIpc) is 3.52. The Kier molecular flexibility index (Phi) is 18.8. The smallest absolute Gasteiger partial charge is 0.249 e. The second kappa shape index (κ2) is 19.9. The van der Waals surface area contributed by atoms with Crippen LogP contribution in [0, 0.1) is 23.7 Å². The molecular formula is C30H56F2N4O4. The summed E-state index contributed by atoms with van der Waals surface area (Å²) in [7, 11) is 2.04. The first-order valence-corrected chi connectivity index (χ1v) is 15.4. The van der Waals surface area contributed by atoms with E-state index in [1.807, 2.05) is 41.7 Å². The summed E-state index contributed by atoms with van der Waals surface area (Å²) >= 11 is 0. The van der Waals surface area contributed by atoms with Gasteiger partial charge < -0.3 is 20.7 Å². The number of carbonyl (C=O) groups excluding carboxylic acids is 4. The molecule has 0 aromatic heterocycles. The van der Waals surface area contributed by atoms with Crippen molar-refractivity contribution < 1.29 is 28.0 Å². The lowest BCUT2D eigenvalue weighted by molar-refractivity contribution is -0.151. The van der Waals surface area contributed by atoms with Crippen LogP contribution in [0.3, 0.4) is 0 Å². The number of nitrogens with one attached hydrogen (secondary N) is 3. The van der Waals surface area contributed by atoms with E-state index in [0.717, 1.165) is 38.8 Å². The third-order valence-corrected chi connectivity index (χ3v) is 7.56. The molecule has 40 heavy (non-hydrogen) atoms. The van der Waals surface area contributed by atoms with E-state index in [9.17, 15) is 28.0 Å². The number of amides is 3. The Bertz CT molecular complexity index is 758. The summed E-state index contributed by atoms with van der Waals surface area (Å²) in [5.74, 6) is -2.10. The van der Waals surface area contributed by atoms with Crippen LogP contribution >= 0.6 is 0 Å². The molecule has 0 bridgehead atoms. The van der Waals surface area contributed by atoms with Gasteiger partial charge >= 0.3 is 0 Å². The van der Waals surface area contributed by atoms with Crippen LogP contribution in [0.1, 0.15) is 99.8 Å². The van der Waals surface area contributed by atoms with Gasteiger partial charge in [-0.1, -0.05) is 54.4 Å². The molecule has 2 saturated heterocycles. The van der Waals surface area contributed by atoms with E-state index in [1.54, 1.807) is 0 Å². The molecule has 1 saturated carbocycles. The molecule has 234 valence electrons. The molecular weight excluding hydrogens is 518 g/mol. The number of alkyl halides is 2. The van der Waals surface area contributed by atoms with Crippen LogP contribution < -0.4 is 16.0 Å². The topological polar surface area (TPSA) is 108 Å². The van der Waals surface area contributed by atoms with E-state index in [-0.39, 0.29) is 17.9 Å². The van der Waals surface area contributed by atoms with Crippen LogP contribution in [0.25, 0.3) is 0 Å². The van der Waals surface area contributed by atoms with Crippen LogP contribution in [0.15, 0.2) is 0 Å². The van der Waals surface area contributed by atoms with E-state index < -0.39 is 36.6 Å². The highest BCUT2D eigenvalue weighted by Crippen LogP contribution is 2.42. The van der Waals surface area contributed by atoms with Gasteiger partial charge in [-0.05, 0) is 57.5 Å². The fourth-order valence-electron chi connectivity index (χ4n) is 5.34. The van der Waals surface area contributed by atoms with E-state index in [2.05, 4.69) is 34.7 Å². The van der Waals surface area contributed by atoms with Crippen molar-refractivity contribution in [3.8, 4) is 0 Å². The Labute approximate surface area is 241 Å². The van der Waals surface area contributed by atoms with Gasteiger partial charge in [0, 0.05) is 38.3 Å². The van der Waals surface area contributed by atoms with Crippen molar-refractivity contribution in [1.29, 1.82) is 0 Å². The minimum absolute atomic E-state index is 0.0836. The molecule has 3 amide bonds. The highest BCUT2D eigenvalue weighted by atomic mass is 19.3. The Morgan fingerprint density at radius 2 is 1.75 bits per heavy atom. The molecule has 1 unspecified atom stereocenters. The Balaban J connectivity index is 0.000000729. The molecule has 2 heterocycles. The summed E-state index contributed by atoms with van der Waals surface area (Å²) in [5.41, 5.74) is 0. The molecule has 1 aliphatic carbocycles. The Morgan fingerprint density at radius 3 is 2.23 bits per heavy atom. The SMILES string of the molecule is CC.CC.CCNC(=O)C1[C@@H](C(C)C)CCN1C.O=C[C@H](CCCC[C@H]1CNC(=O)C1)NC(=O)C1CC(F)(F)C1. The van der Waals surface area contributed by atoms with Crippen LogP contribution in [0.2, 0.25) is 0 Å². The van der Waals surface area contributed by atoms with E-state index in [4.69, 9.17) is 0 Å². The highest BCUT2D eigenvalue weighted by Gasteiger charge is 2.48. The lowest BCUT2D eigenvalue weighted by atomic mass is 9.80. The van der Waals surface area contributed by atoms with Crippen molar-refractivity contribution in [2.75, 3.05) is 26.7 Å². The van der Waals surface area contributed by atoms with Gasteiger partial charge in [-0.2, -0.15) is 0 Å². The second-order valence-electron chi connectivity index (χ2n) is 10.9. The van der Waals surface area contributed by atoms with E-state index in [0.29, 0.717) is 43.4 Å². The zero-order chi connectivity index (χ0) is 30.9. The number of likely N-dealkylation sites (N-methyl/N-ethyl adjacent to an activating group) is 2. The molecule has 4 atom stereocenters. The largest absolute Gasteiger partial charge is 0.356 e. The van der Waals surface area contributed by atoms with Crippen LogP contribution in [0.4, 0.5) is 8.78 Å². The summed E-state index contributed by atoms with van der Waals surface area (Å²) in [6.45, 7) is 16.9. The summed E-state index contributed by atoms with van der Waals surface area (Å²) in [5, 5.41) is 8.23. The first-order chi connectivity index (χ1) is 19.0. The van der Waals surface area contributed by atoms with Gasteiger partial charge in [0.05, 0.1) is 12.1 Å². The minimum atomic E-state index is -2.73. The highest BCUT2D eigenvalue weighted by molar-refractivity contribution is 5.83. The Morgan fingerprint density at radius 1 is 1.12 bits per heavy atom. The van der Waals surface area contributed by atoms with Gasteiger partial charge in [0.15, 0.2) is 0 Å². The van der Waals surface area contributed by atoms with Gasteiger partial charge in [-0.3, -0.25) is 19.3 Å². The van der Waals surface area contributed by atoms with Gasteiger partial charge in [0.2, 0.25) is 23.6 Å². The molecule has 0 radical (unpaired) electrons. The van der Waals surface area contributed by atoms with Crippen molar-refractivity contribution in [3.63, 3.8) is 0 Å². The monoisotopic (exact) mass is 574 g/mol. The molecule has 3 aliphatic rings. The zero-order valence-corrected chi connectivity index (χ0v) is 26.2. The Hall–Kier alpha value is -2.10. The third-order valence-electron chi connectivity index (χ3n) is 7.56. The van der Waals surface area contributed by atoms with Crippen molar-refractivity contribution in [1.82, 2.24) is 20.9 Å². The predicted molar refractivity (Wildman–Crippen MR) is 156 cm³/mol. The molecule has 3 fully saturated rings. The number of hydrogen-bond acceptors (Lipinski definition) is 5. The maximum absolute atomic E-state index is 12.7. The third kappa shape index (κ3) is 13.0. The molecule has 0 aromatic carbocycles. The van der Waals surface area contributed by atoms with Crippen LogP contribution in [0.5, 0.6) is 0 Å². The van der Waals surface area contributed by atoms with Gasteiger partial charge in [0.25, 0.3) is 0 Å². The van der Waals surface area contributed by atoms with Crippen LogP contribution in [-0.2, 0) is 19.2 Å². The molecule has 0 spiro atoms. The van der Waals surface area contributed by atoms with Gasteiger partial charge in [-0.25, -0.2) is 8.78 Å². The maximum Gasteiger partial charge on any atom is 0.249 e. The second-order valence-corrected chi connectivity index (χ2v) is 10.9. The number of halogens is 2. The van der Waals surface area contributed by atoms with E-state index >= 15 is 0 Å². The standard InChI is InChI=1S/C15H22F2N2O3.C11H22N2O.2C2H6/c16-15(17)6-11(7-15)14(22)19-12(9-20)4-2-1-3-10-5-13(21)18-8-10;1-5-12-11(14)10-9(8(2)3)6-7-13(10)4;2*1-2/h9-12H,1-8H2,(H,18,21)(H,19,22);8-10H,5-7H2,1-4H3,(H,12,14);2*1-2H3/t10-,12+;9-,10?;;/m11../s1. The molecule has 3 rings (SSSR count). The molecule has 10 heteroatoms. The number of nitrogens with zero attached hydrogens (tertiary/aromatic N) is 1. The molecule has 2 aliphatic heterocycles. The summed E-state index contributed by atoms with van der Waals surface area (Å²) in [6.07, 6.45) is 4.57. The lowest BCUT2D eigenvalue weighted by Crippen LogP contribution is -2.48. The number of carbonyl (C=O) groups is 4. The molecule has 8 nitrogen and oxygen atoms in total. The number of unbranched alkanes of at least 4 members (excludes halogenated alkanes) is 1. The lowest BCUT2D eigenvalue weighted by Gasteiger charge is -2.34. The maximum atomic E-state index is 12.7. The molecule has 3 N–H and O–H groups in total. The van der Waals surface area contributed by atoms with Crippen molar-refractivity contribution in [2.24, 2.45) is 23.7 Å². The van der Waals surface area contributed by atoms with Crippen molar-refractivity contribution in [2.45, 2.75) is 118 Å². The van der Waals surface area contributed by atoms with Crippen molar-refractivity contribution in [3.05, 3.63) is 0 Å². The fraction of sp³-hybridized carbons (Fsp3) is 0.867. The average molecular weight is 575 g/mol. The number of aldehydes is 1. The van der Waals surface area contributed by atoms with E-state index in [1.165, 1.54) is 0 Å². The van der Waals surface area contributed by atoms with Gasteiger partial charge in [0.1, 0.15) is 6.29 Å². The predicted octanol–water partition coefficient (Wildman–Crippen LogP) is 4.56. The summed E-state index contributed by atoms with van der Waals surface area (Å²) < 4.78 is 25.4. The quantitative estimate of drug-likeness (QED) is 0.248. The summed E-state index contributed by atoms with van der Waals surface area (Å²) in [6, 6.07) is -0.514. The molecule has 0 aromatic rings. The minimum Gasteiger partial charge on any atom is -0.356 e. The van der Waals surface area contributed by atoms with Gasteiger partial charge in [-0.15, -0.1) is 0 Å². The number of likely N-dealkylation sites (tertiary alicyclic amines) is 1. The fourth-order valence-corrected chi connectivity index (χ4v) is 5.34. The first-order valence-electron chi connectivity index (χ1n) is 15.4. The van der Waals surface area contributed by atoms with Crippen molar-refractivity contribution >= 4 is 24.0 Å². The van der Waals surface area contributed by atoms with Crippen LogP contribution in [-0.4, -0.2) is 73.6 Å². The normalized spacial score (nSPS) is 24.1. The zero-order valence-electron chi connectivity index (χ0n) is 26.2. The first kappa shape index (κ1) is 37.9.